The number of aromatic amines is 1. The molecule has 27 heavy (non-hydrogen) atoms. The van der Waals surface area contributed by atoms with Gasteiger partial charge >= 0.3 is 0 Å². The number of thiophene rings is 1. The van der Waals surface area contributed by atoms with Gasteiger partial charge in [-0.1, -0.05) is 32.0 Å². The number of carbonyl (C=O) groups excluding carboxylic acids is 2. The molecule has 3 N–H and O–H groups in total. The van der Waals surface area contributed by atoms with Crippen LogP contribution in [0.2, 0.25) is 0 Å². The number of H-pyrrole nitrogens is 1. The molecule has 2 heterocycles. The van der Waals surface area contributed by atoms with Crippen molar-refractivity contribution in [2.45, 2.75) is 26.8 Å². The molecule has 0 radical (unpaired) electrons. The van der Waals surface area contributed by atoms with Crippen LogP contribution < -0.4 is 10.6 Å². The summed E-state index contributed by atoms with van der Waals surface area (Å²) < 4.78 is 0. The fourth-order valence-corrected chi connectivity index (χ4v) is 3.17. The minimum atomic E-state index is -0.247. The van der Waals surface area contributed by atoms with Crippen molar-refractivity contribution in [3.8, 4) is 10.6 Å². The predicted molar refractivity (Wildman–Crippen MR) is 108 cm³/mol. The normalized spacial score (nSPS) is 11.8. The number of carbonyl (C=O) groups is 2. The second-order valence-electron chi connectivity index (χ2n) is 6.33. The third-order valence-corrected chi connectivity index (χ3v) is 5.21. The molecule has 1 aromatic carbocycles. The largest absolute Gasteiger partial charge is 0.347 e. The van der Waals surface area contributed by atoms with Gasteiger partial charge in [0.25, 0.3) is 5.91 Å². The van der Waals surface area contributed by atoms with Gasteiger partial charge in [-0.2, -0.15) is 5.10 Å². The van der Waals surface area contributed by atoms with E-state index in [0.717, 1.165) is 28.2 Å². The van der Waals surface area contributed by atoms with Gasteiger partial charge in [-0.15, -0.1) is 11.3 Å². The highest BCUT2D eigenvalue weighted by atomic mass is 32.1. The van der Waals surface area contributed by atoms with Crippen LogP contribution in [-0.2, 0) is 11.3 Å². The Balaban J connectivity index is 1.59. The van der Waals surface area contributed by atoms with Crippen LogP contribution in [0.3, 0.4) is 0 Å². The van der Waals surface area contributed by atoms with Gasteiger partial charge in [-0.05, 0) is 41.6 Å². The first-order valence-corrected chi connectivity index (χ1v) is 9.72. The SMILES string of the molecule is CCC(C)C(=O)Nc1cccc(CNC(=O)c2cc(-c3cccs3)[nH]n2)c1. The first-order valence-electron chi connectivity index (χ1n) is 8.84. The van der Waals surface area contributed by atoms with E-state index in [-0.39, 0.29) is 17.7 Å². The quantitative estimate of drug-likeness (QED) is 0.576. The van der Waals surface area contributed by atoms with Crippen LogP contribution in [-0.4, -0.2) is 22.0 Å². The van der Waals surface area contributed by atoms with Crippen LogP contribution >= 0.6 is 11.3 Å². The monoisotopic (exact) mass is 382 g/mol. The van der Waals surface area contributed by atoms with Crippen molar-refractivity contribution >= 4 is 28.8 Å². The highest BCUT2D eigenvalue weighted by Gasteiger charge is 2.13. The molecular weight excluding hydrogens is 360 g/mol. The van der Waals surface area contributed by atoms with E-state index in [9.17, 15) is 9.59 Å². The summed E-state index contributed by atoms with van der Waals surface area (Å²) in [6.45, 7) is 4.23. The molecule has 0 aliphatic carbocycles. The third kappa shape index (κ3) is 4.83. The first-order chi connectivity index (χ1) is 13.1. The Bertz CT molecular complexity index is 918. The summed E-state index contributed by atoms with van der Waals surface area (Å²) in [5.41, 5.74) is 2.80. The van der Waals surface area contributed by atoms with Crippen molar-refractivity contribution in [3.05, 3.63) is 59.1 Å². The standard InChI is InChI=1S/C20H22N4O2S/c1-3-13(2)19(25)22-15-7-4-6-14(10-15)12-21-20(26)17-11-16(23-24-17)18-8-5-9-27-18/h4-11,13H,3,12H2,1-2H3,(H,21,26)(H,22,25)(H,23,24). The Kier molecular flexibility index (Phi) is 6.03. The van der Waals surface area contributed by atoms with Crippen molar-refractivity contribution in [2.24, 2.45) is 5.92 Å². The van der Waals surface area contributed by atoms with Crippen LogP contribution in [0.1, 0.15) is 36.3 Å². The maximum Gasteiger partial charge on any atom is 0.272 e. The highest BCUT2D eigenvalue weighted by Crippen LogP contribution is 2.23. The summed E-state index contributed by atoms with van der Waals surface area (Å²) in [4.78, 5) is 25.4. The minimum Gasteiger partial charge on any atom is -0.347 e. The molecule has 0 aliphatic heterocycles. The Hall–Kier alpha value is -2.93. The molecule has 140 valence electrons. The molecular formula is C20H22N4O2S. The molecule has 0 aliphatic rings. The average Bonchev–Trinajstić information content (AvgIpc) is 3.37. The average molecular weight is 382 g/mol. The zero-order chi connectivity index (χ0) is 19.2. The lowest BCUT2D eigenvalue weighted by Crippen LogP contribution is -2.23. The molecule has 7 heteroatoms. The summed E-state index contributed by atoms with van der Waals surface area (Å²) in [6, 6.07) is 13.1. The summed E-state index contributed by atoms with van der Waals surface area (Å²) in [5.74, 6) is -0.287. The highest BCUT2D eigenvalue weighted by molar-refractivity contribution is 7.13. The fourth-order valence-electron chi connectivity index (χ4n) is 2.48. The minimum absolute atomic E-state index is 0.00341. The number of amides is 2. The zero-order valence-corrected chi connectivity index (χ0v) is 16.1. The van der Waals surface area contributed by atoms with Gasteiger partial charge in [0.15, 0.2) is 5.69 Å². The maximum absolute atomic E-state index is 12.3. The van der Waals surface area contributed by atoms with Crippen LogP contribution in [0.5, 0.6) is 0 Å². The van der Waals surface area contributed by atoms with Gasteiger partial charge in [0.2, 0.25) is 5.91 Å². The van der Waals surface area contributed by atoms with Crippen LogP contribution in [0, 0.1) is 5.92 Å². The molecule has 6 nitrogen and oxygen atoms in total. The molecule has 3 aromatic rings. The number of hydrogen-bond acceptors (Lipinski definition) is 4. The lowest BCUT2D eigenvalue weighted by molar-refractivity contribution is -0.119. The smallest absolute Gasteiger partial charge is 0.272 e. The van der Waals surface area contributed by atoms with Gasteiger partial charge < -0.3 is 10.6 Å². The van der Waals surface area contributed by atoms with E-state index < -0.39 is 0 Å². The second-order valence-corrected chi connectivity index (χ2v) is 7.27. The molecule has 0 saturated heterocycles. The van der Waals surface area contributed by atoms with Gasteiger partial charge in [-0.25, -0.2) is 0 Å². The Morgan fingerprint density at radius 2 is 2.07 bits per heavy atom. The topological polar surface area (TPSA) is 86.9 Å². The number of aromatic nitrogens is 2. The molecule has 2 amide bonds. The molecule has 0 fully saturated rings. The van der Waals surface area contributed by atoms with Crippen LogP contribution in [0.15, 0.2) is 47.8 Å². The molecule has 0 spiro atoms. The van der Waals surface area contributed by atoms with Crippen LogP contribution in [0.25, 0.3) is 10.6 Å². The van der Waals surface area contributed by atoms with Crippen molar-refractivity contribution in [3.63, 3.8) is 0 Å². The predicted octanol–water partition coefficient (Wildman–Crippen LogP) is 4.05. The molecule has 3 rings (SSSR count). The number of nitrogens with zero attached hydrogens (tertiary/aromatic N) is 1. The zero-order valence-electron chi connectivity index (χ0n) is 15.3. The Morgan fingerprint density at radius 3 is 2.81 bits per heavy atom. The summed E-state index contributed by atoms with van der Waals surface area (Å²) in [6.07, 6.45) is 0.790. The van der Waals surface area contributed by atoms with E-state index in [2.05, 4.69) is 20.8 Å². The summed E-state index contributed by atoms with van der Waals surface area (Å²) >= 11 is 1.58. The number of benzene rings is 1. The fraction of sp³-hybridized carbons (Fsp3) is 0.250. The lowest BCUT2D eigenvalue weighted by Gasteiger charge is -2.11. The van der Waals surface area contributed by atoms with Gasteiger partial charge in [0.05, 0.1) is 10.6 Å². The first kappa shape index (κ1) is 18.8. The van der Waals surface area contributed by atoms with Crippen molar-refractivity contribution < 1.29 is 9.59 Å². The van der Waals surface area contributed by atoms with E-state index >= 15 is 0 Å². The third-order valence-electron chi connectivity index (χ3n) is 4.30. The van der Waals surface area contributed by atoms with Crippen LogP contribution in [0.4, 0.5) is 5.69 Å². The van der Waals surface area contributed by atoms with Crippen molar-refractivity contribution in [2.75, 3.05) is 5.32 Å². The molecule has 0 saturated carbocycles. The van der Waals surface area contributed by atoms with Crippen molar-refractivity contribution in [1.82, 2.24) is 15.5 Å². The van der Waals surface area contributed by atoms with E-state index in [0.29, 0.717) is 12.2 Å². The number of hydrogen-bond donors (Lipinski definition) is 3. The van der Waals surface area contributed by atoms with Gasteiger partial charge in [0.1, 0.15) is 0 Å². The molecule has 0 bridgehead atoms. The second kappa shape index (κ2) is 8.64. The lowest BCUT2D eigenvalue weighted by atomic mass is 10.1. The molecule has 2 aromatic heterocycles. The summed E-state index contributed by atoms with van der Waals surface area (Å²) in [7, 11) is 0. The van der Waals surface area contributed by atoms with E-state index in [1.807, 2.05) is 55.6 Å². The van der Waals surface area contributed by atoms with E-state index in [4.69, 9.17) is 0 Å². The Morgan fingerprint density at radius 1 is 1.22 bits per heavy atom. The molecule has 1 atom stereocenters. The van der Waals surface area contributed by atoms with Crippen molar-refractivity contribution in [1.29, 1.82) is 0 Å². The number of anilines is 1. The maximum atomic E-state index is 12.3. The molecule has 1 unspecified atom stereocenters. The van der Waals surface area contributed by atoms with E-state index in [1.165, 1.54) is 0 Å². The van der Waals surface area contributed by atoms with Gasteiger partial charge in [-0.3, -0.25) is 14.7 Å². The number of rotatable bonds is 7. The number of nitrogens with one attached hydrogen (secondary N) is 3. The van der Waals surface area contributed by atoms with Gasteiger partial charge in [0, 0.05) is 18.2 Å². The van der Waals surface area contributed by atoms with E-state index in [1.54, 1.807) is 17.4 Å². The summed E-state index contributed by atoms with van der Waals surface area (Å²) in [5, 5.41) is 14.7. The Labute approximate surface area is 162 Å².